The fraction of sp³-hybridized carbons (Fsp3) is 0.500. The number of thioether (sulfide) groups is 2. The van der Waals surface area contributed by atoms with Gasteiger partial charge in [0.2, 0.25) is 17.0 Å². The van der Waals surface area contributed by atoms with Crippen LogP contribution in [-0.4, -0.2) is 95.0 Å². The van der Waals surface area contributed by atoms with Crippen LogP contribution in [-0.2, 0) is 27.3 Å². The van der Waals surface area contributed by atoms with Crippen LogP contribution in [0.2, 0.25) is 0 Å². The predicted octanol–water partition coefficient (Wildman–Crippen LogP) is -0.306. The fourth-order valence-electron chi connectivity index (χ4n) is 3.46. The molecule has 2 atom stereocenters. The summed E-state index contributed by atoms with van der Waals surface area (Å²) in [5.41, 5.74) is 6.95. The molecule has 0 spiro atoms. The van der Waals surface area contributed by atoms with Crippen molar-refractivity contribution in [3.8, 4) is 0 Å². The topological polar surface area (TPSA) is 172 Å². The molecule has 4 heterocycles. The van der Waals surface area contributed by atoms with E-state index in [2.05, 4.69) is 25.8 Å². The Bertz CT molecular complexity index is 1130. The molecular formula is C18H23N9O4S3. The Morgan fingerprint density at radius 2 is 2.24 bits per heavy atom. The average Bonchev–Trinajstić information content (AvgIpc) is 3.39. The van der Waals surface area contributed by atoms with E-state index in [0.29, 0.717) is 39.5 Å². The van der Waals surface area contributed by atoms with Gasteiger partial charge in [-0.25, -0.2) is 14.5 Å². The van der Waals surface area contributed by atoms with Crippen LogP contribution in [0.15, 0.2) is 21.8 Å². The second kappa shape index (κ2) is 10.3. The van der Waals surface area contributed by atoms with Gasteiger partial charge >= 0.3 is 5.97 Å². The Balaban J connectivity index is 1.41. The van der Waals surface area contributed by atoms with Crippen LogP contribution in [0.1, 0.15) is 12.1 Å². The van der Waals surface area contributed by atoms with Crippen LogP contribution in [0.3, 0.4) is 0 Å². The number of aliphatic carboxylic acids is 1. The minimum atomic E-state index is -1.11. The maximum absolute atomic E-state index is 12.5. The summed E-state index contributed by atoms with van der Waals surface area (Å²) in [7, 11) is 3.65. The van der Waals surface area contributed by atoms with Crippen molar-refractivity contribution in [3.63, 3.8) is 0 Å². The minimum Gasteiger partial charge on any atom is -0.477 e. The van der Waals surface area contributed by atoms with Crippen molar-refractivity contribution in [2.45, 2.75) is 36.1 Å². The number of nitrogens with one attached hydrogen (secondary N) is 1. The lowest BCUT2D eigenvalue weighted by atomic mass is 10.1. The number of hydrogen-bond donors (Lipinski definition) is 3. The molecule has 16 heteroatoms. The summed E-state index contributed by atoms with van der Waals surface area (Å²) < 4.78 is 1.56. The number of carbonyl (C=O) groups is 3. The highest BCUT2D eigenvalue weighted by Gasteiger charge is 2.45. The van der Waals surface area contributed by atoms with Crippen molar-refractivity contribution in [2.75, 3.05) is 31.3 Å². The highest BCUT2D eigenvalue weighted by molar-refractivity contribution is 8.00. The third-order valence-electron chi connectivity index (χ3n) is 5.22. The lowest BCUT2D eigenvalue weighted by Gasteiger charge is -2.43. The molecule has 2 aromatic rings. The second-order valence-electron chi connectivity index (χ2n) is 7.82. The highest BCUT2D eigenvalue weighted by Crippen LogP contribution is 2.41. The maximum Gasteiger partial charge on any atom is 0.352 e. The standard InChI is InChI=1S/C18H23N9O4S3/c1-25(2)11(21-12(28)3-10-8-33-17(19)20-10)5-26-18(22-23-24-26)34-7-9-6-32-14-4-13(29)27(14)15(9)16(30)31/h8,11,14H,3-7H2,1-2H3,(H2,19,20)(H,21,28)(H,30,31)/t11?,14-/m1/s1. The number of carboxylic acid groups (broad SMARTS) is 1. The van der Waals surface area contributed by atoms with Gasteiger partial charge in [-0.05, 0) is 30.1 Å². The van der Waals surface area contributed by atoms with Crippen molar-refractivity contribution < 1.29 is 19.5 Å². The summed E-state index contributed by atoms with van der Waals surface area (Å²) in [6, 6.07) is 0. The van der Waals surface area contributed by atoms with Gasteiger partial charge in [0.1, 0.15) is 11.9 Å². The van der Waals surface area contributed by atoms with Gasteiger partial charge in [0.15, 0.2) is 5.13 Å². The van der Waals surface area contributed by atoms with Crippen molar-refractivity contribution in [3.05, 3.63) is 22.3 Å². The van der Waals surface area contributed by atoms with Crippen LogP contribution in [0, 0.1) is 0 Å². The van der Waals surface area contributed by atoms with Crippen LogP contribution in [0.4, 0.5) is 5.13 Å². The Hall–Kier alpha value is -2.69. The third-order valence-corrected chi connectivity index (χ3v) is 8.26. The first-order valence-electron chi connectivity index (χ1n) is 10.2. The molecule has 2 amide bonds. The first-order chi connectivity index (χ1) is 16.2. The number of nitrogens with two attached hydrogens (primary N) is 1. The van der Waals surface area contributed by atoms with Gasteiger partial charge < -0.3 is 16.2 Å². The van der Waals surface area contributed by atoms with E-state index in [4.69, 9.17) is 5.73 Å². The normalized spacial score (nSPS) is 18.6. The molecular weight excluding hydrogens is 502 g/mol. The molecule has 0 aromatic carbocycles. The van der Waals surface area contributed by atoms with E-state index < -0.39 is 12.1 Å². The number of amides is 2. The molecule has 0 radical (unpaired) electrons. The number of nitrogen functional groups attached to an aromatic ring is 1. The van der Waals surface area contributed by atoms with Crippen LogP contribution < -0.4 is 11.1 Å². The summed E-state index contributed by atoms with van der Waals surface area (Å²) in [5.74, 6) is -0.633. The Labute approximate surface area is 207 Å². The van der Waals surface area contributed by atoms with Gasteiger partial charge in [0.25, 0.3) is 0 Å². The number of aromatic nitrogens is 5. The smallest absolute Gasteiger partial charge is 0.352 e. The van der Waals surface area contributed by atoms with Gasteiger partial charge in [-0.15, -0.1) is 28.2 Å². The maximum atomic E-state index is 12.5. The Morgan fingerprint density at radius 3 is 2.88 bits per heavy atom. The highest BCUT2D eigenvalue weighted by atomic mass is 32.2. The first-order valence-corrected chi connectivity index (χ1v) is 13.1. The monoisotopic (exact) mass is 525 g/mol. The number of tetrazole rings is 1. The summed E-state index contributed by atoms with van der Waals surface area (Å²) in [5, 5.41) is 27.0. The van der Waals surface area contributed by atoms with Gasteiger partial charge in [0, 0.05) is 16.9 Å². The van der Waals surface area contributed by atoms with Crippen molar-refractivity contribution >= 4 is 57.8 Å². The molecule has 2 aromatic heterocycles. The average molecular weight is 526 g/mol. The van der Waals surface area contributed by atoms with Crippen LogP contribution in [0.25, 0.3) is 0 Å². The van der Waals surface area contributed by atoms with E-state index in [-0.39, 0.29) is 35.9 Å². The molecule has 1 saturated heterocycles. The number of hydrogen-bond acceptors (Lipinski definition) is 12. The molecule has 1 unspecified atom stereocenters. The van der Waals surface area contributed by atoms with E-state index in [1.165, 1.54) is 28.0 Å². The molecule has 0 bridgehead atoms. The molecule has 4 N–H and O–H groups in total. The summed E-state index contributed by atoms with van der Waals surface area (Å²) in [6.07, 6.45) is 0.0768. The van der Waals surface area contributed by atoms with Crippen LogP contribution in [0.5, 0.6) is 0 Å². The molecule has 2 aliphatic rings. The van der Waals surface area contributed by atoms with Crippen molar-refractivity contribution in [1.29, 1.82) is 0 Å². The molecule has 182 valence electrons. The number of anilines is 1. The summed E-state index contributed by atoms with van der Waals surface area (Å²) in [4.78, 5) is 43.5. The summed E-state index contributed by atoms with van der Waals surface area (Å²) >= 11 is 4.12. The van der Waals surface area contributed by atoms with E-state index in [1.807, 2.05) is 19.0 Å². The molecule has 2 aliphatic heterocycles. The zero-order valence-electron chi connectivity index (χ0n) is 18.4. The molecule has 4 rings (SSSR count). The molecule has 13 nitrogen and oxygen atoms in total. The van der Waals surface area contributed by atoms with Crippen molar-refractivity contribution in [2.24, 2.45) is 0 Å². The molecule has 34 heavy (non-hydrogen) atoms. The second-order valence-corrected chi connectivity index (χ2v) is 10.8. The number of nitrogens with zero attached hydrogens (tertiary/aromatic N) is 7. The summed E-state index contributed by atoms with van der Waals surface area (Å²) in [6.45, 7) is 0.277. The number of carbonyl (C=O) groups excluding carboxylic acids is 2. The quantitative estimate of drug-likeness (QED) is 0.210. The Morgan fingerprint density at radius 1 is 1.44 bits per heavy atom. The van der Waals surface area contributed by atoms with Crippen LogP contribution >= 0.6 is 34.9 Å². The largest absolute Gasteiger partial charge is 0.477 e. The van der Waals surface area contributed by atoms with Gasteiger partial charge in [-0.3, -0.25) is 19.4 Å². The lowest BCUT2D eigenvalue weighted by Crippen LogP contribution is -2.54. The molecule has 0 aliphatic carbocycles. The van der Waals surface area contributed by atoms with Gasteiger partial charge in [0.05, 0.1) is 30.5 Å². The van der Waals surface area contributed by atoms with E-state index in [0.717, 1.165) is 0 Å². The third kappa shape index (κ3) is 5.34. The number of likely N-dealkylation sites (N-methyl/N-ethyl adjacent to an activating group) is 1. The number of thiazole rings is 1. The SMILES string of the molecule is CN(C)C(Cn1nnnc1SCC1=C(C(=O)O)N2C(=O)C[C@H]2SC1)NC(=O)Cc1csc(N)n1. The van der Waals surface area contributed by atoms with Gasteiger partial charge in [-0.2, -0.15) is 0 Å². The molecule has 0 saturated carbocycles. The number of carboxylic acids is 1. The lowest BCUT2D eigenvalue weighted by molar-refractivity contribution is -0.146. The Kier molecular flexibility index (Phi) is 7.39. The zero-order chi connectivity index (χ0) is 24.4. The number of β-lactam (4-membered cyclic amide) rings is 1. The van der Waals surface area contributed by atoms with Crippen molar-refractivity contribution in [1.82, 2.24) is 40.3 Å². The number of rotatable bonds is 10. The number of fused-ring (bicyclic) bond motifs is 1. The molecule has 1 fully saturated rings. The van der Waals surface area contributed by atoms with Gasteiger partial charge in [-0.1, -0.05) is 11.8 Å². The minimum absolute atomic E-state index is 0.0626. The predicted molar refractivity (Wildman–Crippen MR) is 127 cm³/mol. The first kappa shape index (κ1) is 24.4. The zero-order valence-corrected chi connectivity index (χ0v) is 20.8. The fourth-order valence-corrected chi connectivity index (χ4v) is 6.32. The van der Waals surface area contributed by atoms with E-state index >= 15 is 0 Å². The van der Waals surface area contributed by atoms with E-state index in [9.17, 15) is 19.5 Å². The van der Waals surface area contributed by atoms with E-state index in [1.54, 1.807) is 21.8 Å².